The molecule has 4 nitrogen and oxygen atoms in total. The minimum atomic E-state index is -0.000694. The first kappa shape index (κ1) is 8.88. The van der Waals surface area contributed by atoms with Crippen molar-refractivity contribution in [3.8, 4) is 0 Å². The molecule has 4 heteroatoms. The number of likely N-dealkylation sites (N-methyl/N-ethyl adjacent to an activating group) is 1. The summed E-state index contributed by atoms with van der Waals surface area (Å²) in [5, 5.41) is 3.33. The van der Waals surface area contributed by atoms with Gasteiger partial charge in [-0.15, -0.1) is 0 Å². The van der Waals surface area contributed by atoms with Crippen LogP contribution in [0.4, 0.5) is 0 Å². The molecule has 0 radical (unpaired) electrons. The van der Waals surface area contributed by atoms with E-state index in [-0.39, 0.29) is 5.54 Å². The maximum Gasteiger partial charge on any atom is 0.0931 e. The van der Waals surface area contributed by atoms with Crippen LogP contribution in [0.1, 0.15) is 5.56 Å². The summed E-state index contributed by atoms with van der Waals surface area (Å²) in [4.78, 5) is 7.33. The van der Waals surface area contributed by atoms with Crippen molar-refractivity contribution in [3.05, 3.63) is 30.1 Å². The SMILES string of the molecule is CNC1(c2ccc3nc[nH]c3c2)COC1. The van der Waals surface area contributed by atoms with Gasteiger partial charge < -0.3 is 15.0 Å². The molecule has 0 spiro atoms. The lowest BCUT2D eigenvalue weighted by Crippen LogP contribution is -2.56. The van der Waals surface area contributed by atoms with Crippen LogP contribution in [0.5, 0.6) is 0 Å². The van der Waals surface area contributed by atoms with Gasteiger partial charge in [0.25, 0.3) is 0 Å². The first-order valence-corrected chi connectivity index (χ1v) is 5.04. The summed E-state index contributed by atoms with van der Waals surface area (Å²) >= 11 is 0. The third-order valence-corrected chi connectivity index (χ3v) is 3.15. The van der Waals surface area contributed by atoms with Crippen molar-refractivity contribution in [2.75, 3.05) is 20.3 Å². The number of ether oxygens (including phenoxy) is 1. The van der Waals surface area contributed by atoms with Crippen molar-refractivity contribution in [1.82, 2.24) is 15.3 Å². The van der Waals surface area contributed by atoms with Gasteiger partial charge in [0.05, 0.1) is 36.1 Å². The van der Waals surface area contributed by atoms with E-state index in [9.17, 15) is 0 Å². The molecular weight excluding hydrogens is 190 g/mol. The van der Waals surface area contributed by atoms with Crippen molar-refractivity contribution in [1.29, 1.82) is 0 Å². The second-order valence-electron chi connectivity index (χ2n) is 3.96. The van der Waals surface area contributed by atoms with Crippen LogP contribution in [-0.4, -0.2) is 30.2 Å². The van der Waals surface area contributed by atoms with Crippen LogP contribution in [-0.2, 0) is 10.3 Å². The highest BCUT2D eigenvalue weighted by atomic mass is 16.5. The van der Waals surface area contributed by atoms with E-state index >= 15 is 0 Å². The van der Waals surface area contributed by atoms with E-state index in [2.05, 4.69) is 27.4 Å². The monoisotopic (exact) mass is 203 g/mol. The number of nitrogens with zero attached hydrogens (tertiary/aromatic N) is 1. The first-order valence-electron chi connectivity index (χ1n) is 5.04. The van der Waals surface area contributed by atoms with E-state index in [0.717, 1.165) is 24.2 Å². The average Bonchev–Trinajstić information content (AvgIpc) is 2.64. The first-order chi connectivity index (χ1) is 7.34. The lowest BCUT2D eigenvalue weighted by molar-refractivity contribution is -0.0747. The Labute approximate surface area is 87.7 Å². The van der Waals surface area contributed by atoms with Crippen LogP contribution in [0.15, 0.2) is 24.5 Å². The van der Waals surface area contributed by atoms with Crippen LogP contribution in [0.2, 0.25) is 0 Å². The molecule has 2 aromatic rings. The molecule has 3 rings (SSSR count). The van der Waals surface area contributed by atoms with E-state index in [0.29, 0.717) is 0 Å². The number of hydrogen-bond acceptors (Lipinski definition) is 3. The molecule has 15 heavy (non-hydrogen) atoms. The van der Waals surface area contributed by atoms with E-state index in [1.807, 2.05) is 13.1 Å². The number of rotatable bonds is 2. The van der Waals surface area contributed by atoms with Gasteiger partial charge in [0, 0.05) is 0 Å². The summed E-state index contributed by atoms with van der Waals surface area (Å²) in [5.41, 5.74) is 3.34. The summed E-state index contributed by atoms with van der Waals surface area (Å²) in [7, 11) is 1.97. The van der Waals surface area contributed by atoms with Gasteiger partial charge in [0.2, 0.25) is 0 Å². The third kappa shape index (κ3) is 1.19. The smallest absolute Gasteiger partial charge is 0.0931 e. The lowest BCUT2D eigenvalue weighted by Gasteiger charge is -2.41. The van der Waals surface area contributed by atoms with Gasteiger partial charge in [-0.25, -0.2) is 4.98 Å². The molecule has 0 atom stereocenters. The van der Waals surface area contributed by atoms with Gasteiger partial charge in [-0.2, -0.15) is 0 Å². The number of fused-ring (bicyclic) bond motifs is 1. The molecule has 1 aliphatic heterocycles. The number of imidazole rings is 1. The molecule has 0 amide bonds. The second kappa shape index (κ2) is 3.05. The molecule has 1 aromatic heterocycles. The highest BCUT2D eigenvalue weighted by molar-refractivity contribution is 5.75. The number of nitrogens with one attached hydrogen (secondary N) is 2. The maximum atomic E-state index is 5.29. The highest BCUT2D eigenvalue weighted by Gasteiger charge is 2.38. The predicted octanol–water partition coefficient (Wildman–Crippen LogP) is 1.01. The van der Waals surface area contributed by atoms with Crippen LogP contribution < -0.4 is 5.32 Å². The van der Waals surface area contributed by atoms with Gasteiger partial charge in [0.1, 0.15) is 0 Å². The second-order valence-corrected chi connectivity index (χ2v) is 3.96. The van der Waals surface area contributed by atoms with E-state index in [4.69, 9.17) is 4.74 Å². The summed E-state index contributed by atoms with van der Waals surface area (Å²) in [5.74, 6) is 0. The Morgan fingerprint density at radius 1 is 1.47 bits per heavy atom. The molecule has 2 N–H and O–H groups in total. The lowest BCUT2D eigenvalue weighted by atomic mass is 9.88. The van der Waals surface area contributed by atoms with Crippen molar-refractivity contribution in [2.45, 2.75) is 5.54 Å². The van der Waals surface area contributed by atoms with Crippen molar-refractivity contribution in [3.63, 3.8) is 0 Å². The number of benzene rings is 1. The molecule has 0 saturated carbocycles. The molecule has 2 heterocycles. The minimum absolute atomic E-state index is 0.000694. The van der Waals surface area contributed by atoms with Gasteiger partial charge >= 0.3 is 0 Å². The fourth-order valence-electron chi connectivity index (χ4n) is 1.99. The zero-order valence-electron chi connectivity index (χ0n) is 8.58. The molecule has 0 unspecified atom stereocenters. The highest BCUT2D eigenvalue weighted by Crippen LogP contribution is 2.30. The molecule has 78 valence electrons. The summed E-state index contributed by atoms with van der Waals surface area (Å²) in [6, 6.07) is 6.29. The Morgan fingerprint density at radius 2 is 2.33 bits per heavy atom. The molecular formula is C11H13N3O. The van der Waals surface area contributed by atoms with Gasteiger partial charge in [-0.3, -0.25) is 0 Å². The Balaban J connectivity index is 2.10. The van der Waals surface area contributed by atoms with Gasteiger partial charge in [-0.1, -0.05) is 6.07 Å². The largest absolute Gasteiger partial charge is 0.377 e. The van der Waals surface area contributed by atoms with Gasteiger partial charge in [-0.05, 0) is 24.7 Å². The maximum absolute atomic E-state index is 5.29. The Bertz CT molecular complexity index is 482. The van der Waals surface area contributed by atoms with Crippen molar-refractivity contribution < 1.29 is 4.74 Å². The molecule has 1 aromatic carbocycles. The zero-order chi connectivity index (χ0) is 10.3. The Kier molecular flexibility index (Phi) is 1.81. The molecule has 1 aliphatic rings. The summed E-state index contributed by atoms with van der Waals surface area (Å²) < 4.78 is 5.29. The number of H-pyrrole nitrogens is 1. The predicted molar refractivity (Wildman–Crippen MR) is 57.7 cm³/mol. The molecule has 1 fully saturated rings. The molecule has 1 saturated heterocycles. The molecule has 0 aliphatic carbocycles. The Hall–Kier alpha value is -1.39. The number of hydrogen-bond donors (Lipinski definition) is 2. The average molecular weight is 203 g/mol. The van der Waals surface area contributed by atoms with Gasteiger partial charge in [0.15, 0.2) is 0 Å². The van der Waals surface area contributed by atoms with E-state index < -0.39 is 0 Å². The minimum Gasteiger partial charge on any atom is -0.377 e. The van der Waals surface area contributed by atoms with Crippen molar-refractivity contribution >= 4 is 11.0 Å². The summed E-state index contributed by atoms with van der Waals surface area (Å²) in [6.07, 6.45) is 1.72. The van der Waals surface area contributed by atoms with Crippen molar-refractivity contribution in [2.24, 2.45) is 0 Å². The standard InChI is InChI=1S/C11H13N3O/c1-12-11(5-15-6-11)8-2-3-9-10(4-8)14-7-13-9/h2-4,7,12H,5-6H2,1H3,(H,13,14). The van der Waals surface area contributed by atoms with Crippen LogP contribution in [0.3, 0.4) is 0 Å². The Morgan fingerprint density at radius 3 is 3.00 bits per heavy atom. The number of aromatic amines is 1. The molecule has 0 bridgehead atoms. The van der Waals surface area contributed by atoms with E-state index in [1.54, 1.807) is 6.33 Å². The fraction of sp³-hybridized carbons (Fsp3) is 0.364. The van der Waals surface area contributed by atoms with Crippen LogP contribution >= 0.6 is 0 Å². The number of aromatic nitrogens is 2. The van der Waals surface area contributed by atoms with E-state index in [1.165, 1.54) is 5.56 Å². The zero-order valence-corrected chi connectivity index (χ0v) is 8.58. The van der Waals surface area contributed by atoms with Crippen LogP contribution in [0, 0.1) is 0 Å². The third-order valence-electron chi connectivity index (χ3n) is 3.15. The van der Waals surface area contributed by atoms with Crippen LogP contribution in [0.25, 0.3) is 11.0 Å². The fourth-order valence-corrected chi connectivity index (χ4v) is 1.99. The topological polar surface area (TPSA) is 49.9 Å². The normalized spacial score (nSPS) is 19.0. The quantitative estimate of drug-likeness (QED) is 0.765. The summed E-state index contributed by atoms with van der Waals surface area (Å²) in [6.45, 7) is 1.48.